The summed E-state index contributed by atoms with van der Waals surface area (Å²) in [6.45, 7) is 3.42. The molecule has 1 aliphatic rings. The highest BCUT2D eigenvalue weighted by Crippen LogP contribution is 2.31. The first-order valence-corrected chi connectivity index (χ1v) is 8.40. The van der Waals surface area contributed by atoms with Gasteiger partial charge in [0.05, 0.1) is 25.8 Å². The number of fused-ring (bicyclic) bond motifs is 1. The molecule has 0 aliphatic carbocycles. The molecule has 26 heavy (non-hydrogen) atoms. The van der Waals surface area contributed by atoms with E-state index in [9.17, 15) is 5.11 Å². The number of phenols is 1. The number of nitrogens with two attached hydrogens (primary N) is 1. The Balaban J connectivity index is 0.00000243. The van der Waals surface area contributed by atoms with Crippen LogP contribution in [0.3, 0.4) is 0 Å². The van der Waals surface area contributed by atoms with E-state index in [1.54, 1.807) is 18.2 Å². The van der Waals surface area contributed by atoms with Crippen molar-refractivity contribution in [2.45, 2.75) is 25.9 Å². The summed E-state index contributed by atoms with van der Waals surface area (Å²) in [5.41, 5.74) is 8.06. The SMILES string of the molecule is CCOc1cc(CN=C(N)NC2CCOc3ccccc32)ccc1O.I. The number of aliphatic imine (C=N–C) groups is 1. The Hall–Kier alpha value is -2.16. The predicted molar refractivity (Wildman–Crippen MR) is 112 cm³/mol. The Morgan fingerprint density at radius 2 is 2.15 bits per heavy atom. The predicted octanol–water partition coefficient (Wildman–Crippen LogP) is 3.34. The number of halogens is 1. The van der Waals surface area contributed by atoms with Gasteiger partial charge in [-0.25, -0.2) is 4.99 Å². The third-order valence-corrected chi connectivity index (χ3v) is 4.04. The molecule has 1 unspecified atom stereocenters. The van der Waals surface area contributed by atoms with Crippen LogP contribution >= 0.6 is 24.0 Å². The minimum absolute atomic E-state index is 0. The van der Waals surface area contributed by atoms with Crippen molar-refractivity contribution < 1.29 is 14.6 Å². The van der Waals surface area contributed by atoms with Crippen molar-refractivity contribution in [2.75, 3.05) is 13.2 Å². The summed E-state index contributed by atoms with van der Waals surface area (Å²) in [5.74, 6) is 1.85. The second kappa shape index (κ2) is 9.51. The topological polar surface area (TPSA) is 89.1 Å². The van der Waals surface area contributed by atoms with Gasteiger partial charge in [0, 0.05) is 12.0 Å². The molecule has 0 spiro atoms. The Kier molecular flexibility index (Phi) is 7.38. The number of para-hydroxylation sites is 1. The molecule has 2 aromatic rings. The molecular formula is C19H24IN3O3. The van der Waals surface area contributed by atoms with E-state index >= 15 is 0 Å². The smallest absolute Gasteiger partial charge is 0.189 e. The van der Waals surface area contributed by atoms with E-state index in [0.29, 0.717) is 31.5 Å². The van der Waals surface area contributed by atoms with E-state index in [4.69, 9.17) is 15.2 Å². The molecule has 0 radical (unpaired) electrons. The number of guanidine groups is 1. The third kappa shape index (κ3) is 4.94. The number of rotatable bonds is 5. The molecule has 0 fully saturated rings. The van der Waals surface area contributed by atoms with Crippen molar-refractivity contribution in [3.8, 4) is 17.2 Å². The van der Waals surface area contributed by atoms with Gasteiger partial charge in [-0.15, -0.1) is 24.0 Å². The zero-order chi connectivity index (χ0) is 17.6. The second-order valence-electron chi connectivity index (χ2n) is 5.81. The fourth-order valence-corrected chi connectivity index (χ4v) is 2.82. The first-order valence-electron chi connectivity index (χ1n) is 8.40. The fourth-order valence-electron chi connectivity index (χ4n) is 2.82. The molecule has 7 heteroatoms. The lowest BCUT2D eigenvalue weighted by Gasteiger charge is -2.26. The monoisotopic (exact) mass is 469 g/mol. The minimum atomic E-state index is 0. The van der Waals surface area contributed by atoms with Crippen molar-refractivity contribution in [1.29, 1.82) is 0 Å². The fraction of sp³-hybridized carbons (Fsp3) is 0.316. The molecule has 0 bridgehead atoms. The molecule has 1 atom stereocenters. The Labute approximate surface area is 170 Å². The first kappa shape index (κ1) is 20.2. The molecular weight excluding hydrogens is 445 g/mol. The summed E-state index contributed by atoms with van der Waals surface area (Å²) >= 11 is 0. The van der Waals surface area contributed by atoms with Gasteiger partial charge in [-0.3, -0.25) is 0 Å². The Bertz CT molecular complexity index is 767. The average molecular weight is 469 g/mol. The normalized spacial score (nSPS) is 16.0. The van der Waals surface area contributed by atoms with E-state index < -0.39 is 0 Å². The molecule has 6 nitrogen and oxygen atoms in total. The highest BCUT2D eigenvalue weighted by atomic mass is 127. The van der Waals surface area contributed by atoms with Gasteiger partial charge in [-0.1, -0.05) is 24.3 Å². The van der Waals surface area contributed by atoms with Gasteiger partial charge in [0.1, 0.15) is 5.75 Å². The van der Waals surface area contributed by atoms with E-state index in [1.807, 2.05) is 31.2 Å². The van der Waals surface area contributed by atoms with Gasteiger partial charge in [0.15, 0.2) is 17.5 Å². The van der Waals surface area contributed by atoms with E-state index in [-0.39, 0.29) is 35.8 Å². The van der Waals surface area contributed by atoms with Crippen molar-refractivity contribution in [3.05, 3.63) is 53.6 Å². The Morgan fingerprint density at radius 3 is 2.96 bits per heavy atom. The van der Waals surface area contributed by atoms with Gasteiger partial charge < -0.3 is 25.6 Å². The molecule has 0 aromatic heterocycles. The number of hydrogen-bond donors (Lipinski definition) is 3. The number of nitrogens with one attached hydrogen (secondary N) is 1. The molecule has 1 aliphatic heterocycles. The molecule has 140 valence electrons. The van der Waals surface area contributed by atoms with Gasteiger partial charge in [-0.2, -0.15) is 0 Å². The van der Waals surface area contributed by atoms with Gasteiger partial charge >= 0.3 is 0 Å². The first-order chi connectivity index (χ1) is 12.2. The Morgan fingerprint density at radius 1 is 1.35 bits per heavy atom. The highest BCUT2D eigenvalue weighted by molar-refractivity contribution is 14.0. The number of nitrogens with zero attached hydrogens (tertiary/aromatic N) is 1. The van der Waals surface area contributed by atoms with Crippen LogP contribution in [0.15, 0.2) is 47.5 Å². The largest absolute Gasteiger partial charge is 0.504 e. The second-order valence-corrected chi connectivity index (χ2v) is 5.81. The maximum atomic E-state index is 9.74. The lowest BCUT2D eigenvalue weighted by molar-refractivity contribution is 0.262. The molecule has 0 saturated heterocycles. The molecule has 3 rings (SSSR count). The summed E-state index contributed by atoms with van der Waals surface area (Å²) in [7, 11) is 0. The molecule has 2 aromatic carbocycles. The van der Waals surface area contributed by atoms with E-state index in [2.05, 4.69) is 10.3 Å². The minimum Gasteiger partial charge on any atom is -0.504 e. The summed E-state index contributed by atoms with van der Waals surface area (Å²) in [6, 6.07) is 13.2. The van der Waals surface area contributed by atoms with Crippen LogP contribution in [-0.2, 0) is 6.54 Å². The number of phenolic OH excluding ortho intramolecular Hbond substituents is 1. The maximum Gasteiger partial charge on any atom is 0.189 e. The van der Waals surface area contributed by atoms with Crippen LogP contribution in [-0.4, -0.2) is 24.3 Å². The summed E-state index contributed by atoms with van der Waals surface area (Å²) in [4.78, 5) is 4.40. The molecule has 4 N–H and O–H groups in total. The van der Waals surface area contributed by atoms with E-state index in [1.165, 1.54) is 0 Å². The van der Waals surface area contributed by atoms with Crippen LogP contribution < -0.4 is 20.5 Å². The van der Waals surface area contributed by atoms with Crippen LogP contribution in [0.2, 0.25) is 0 Å². The third-order valence-electron chi connectivity index (χ3n) is 4.04. The zero-order valence-electron chi connectivity index (χ0n) is 14.6. The highest BCUT2D eigenvalue weighted by Gasteiger charge is 2.21. The van der Waals surface area contributed by atoms with Crippen molar-refractivity contribution in [2.24, 2.45) is 10.7 Å². The van der Waals surface area contributed by atoms with Crippen molar-refractivity contribution in [1.82, 2.24) is 5.32 Å². The van der Waals surface area contributed by atoms with Crippen molar-refractivity contribution in [3.63, 3.8) is 0 Å². The average Bonchev–Trinajstić information content (AvgIpc) is 2.63. The maximum absolute atomic E-state index is 9.74. The van der Waals surface area contributed by atoms with Crippen molar-refractivity contribution >= 4 is 29.9 Å². The quantitative estimate of drug-likeness (QED) is 0.355. The van der Waals surface area contributed by atoms with Gasteiger partial charge in [-0.05, 0) is 30.7 Å². The summed E-state index contributed by atoms with van der Waals surface area (Å²) < 4.78 is 11.0. The lowest BCUT2D eigenvalue weighted by atomic mass is 10.0. The van der Waals surface area contributed by atoms with E-state index in [0.717, 1.165) is 23.3 Å². The van der Waals surface area contributed by atoms with Crippen LogP contribution in [0.4, 0.5) is 0 Å². The number of ether oxygens (including phenoxy) is 2. The molecule has 0 amide bonds. The summed E-state index contributed by atoms with van der Waals surface area (Å²) in [6.07, 6.45) is 0.834. The summed E-state index contributed by atoms with van der Waals surface area (Å²) in [5, 5.41) is 13.0. The zero-order valence-corrected chi connectivity index (χ0v) is 17.0. The number of benzene rings is 2. The molecule has 0 saturated carbocycles. The number of aromatic hydroxyl groups is 1. The van der Waals surface area contributed by atoms with Gasteiger partial charge in [0.2, 0.25) is 0 Å². The van der Waals surface area contributed by atoms with Crippen LogP contribution in [0, 0.1) is 0 Å². The number of hydrogen-bond acceptors (Lipinski definition) is 4. The molecule has 1 heterocycles. The standard InChI is InChI=1S/C19H23N3O3.HI/c1-2-24-18-11-13(7-8-16(18)23)12-21-19(20)22-15-9-10-25-17-6-4-3-5-14(15)17;/h3-8,11,15,23H,2,9-10,12H2,1H3,(H3,20,21,22);1H. The van der Waals surface area contributed by atoms with Crippen LogP contribution in [0.1, 0.15) is 30.5 Å². The van der Waals surface area contributed by atoms with Crippen LogP contribution in [0.25, 0.3) is 0 Å². The lowest BCUT2D eigenvalue weighted by Crippen LogP contribution is -2.37. The van der Waals surface area contributed by atoms with Crippen LogP contribution in [0.5, 0.6) is 17.2 Å². The van der Waals surface area contributed by atoms with Gasteiger partial charge in [0.25, 0.3) is 0 Å².